The van der Waals surface area contributed by atoms with Crippen molar-refractivity contribution in [2.45, 2.75) is 18.9 Å². The summed E-state index contributed by atoms with van der Waals surface area (Å²) in [6.45, 7) is 1.73. The lowest BCUT2D eigenvalue weighted by Gasteiger charge is -2.34. The summed E-state index contributed by atoms with van der Waals surface area (Å²) in [5.74, 6) is 0.934. The van der Waals surface area contributed by atoms with Crippen LogP contribution in [-0.4, -0.2) is 39.8 Å². The van der Waals surface area contributed by atoms with E-state index in [4.69, 9.17) is 0 Å². The molecule has 1 aliphatic heterocycles. The van der Waals surface area contributed by atoms with Gasteiger partial charge in [-0.2, -0.15) is 5.10 Å². The number of nitrogens with zero attached hydrogens (tertiary/aromatic N) is 4. The number of carbonyl (C=O) groups excluding carboxylic acids is 1. The van der Waals surface area contributed by atoms with Gasteiger partial charge in [-0.1, -0.05) is 24.3 Å². The number of pyridine rings is 1. The minimum Gasteiger partial charge on any atom is -0.354 e. The average molecular weight is 335 g/mol. The van der Waals surface area contributed by atoms with E-state index in [-0.39, 0.29) is 11.9 Å². The molecule has 4 rings (SSSR count). The summed E-state index contributed by atoms with van der Waals surface area (Å²) >= 11 is 0. The summed E-state index contributed by atoms with van der Waals surface area (Å²) in [6.07, 6.45) is 7.20. The molecule has 0 saturated carbocycles. The fourth-order valence-electron chi connectivity index (χ4n) is 3.45. The van der Waals surface area contributed by atoms with Gasteiger partial charge in [-0.05, 0) is 24.3 Å². The van der Waals surface area contributed by atoms with Crippen LogP contribution in [0.5, 0.6) is 0 Å². The Kier molecular flexibility index (Phi) is 4.09. The van der Waals surface area contributed by atoms with Crippen molar-refractivity contribution in [3.8, 4) is 0 Å². The van der Waals surface area contributed by atoms with E-state index in [1.807, 2.05) is 31.4 Å². The molecule has 0 radical (unpaired) electrons. The first kappa shape index (κ1) is 15.6. The van der Waals surface area contributed by atoms with Crippen molar-refractivity contribution >= 4 is 22.5 Å². The molecule has 1 atom stereocenters. The van der Waals surface area contributed by atoms with Crippen LogP contribution in [0.1, 0.15) is 23.2 Å². The Morgan fingerprint density at radius 2 is 2.16 bits per heavy atom. The number of rotatable bonds is 3. The zero-order valence-electron chi connectivity index (χ0n) is 14.2. The van der Waals surface area contributed by atoms with Gasteiger partial charge >= 0.3 is 0 Å². The van der Waals surface area contributed by atoms with Gasteiger partial charge in [0, 0.05) is 44.0 Å². The Morgan fingerprint density at radius 3 is 3.00 bits per heavy atom. The topological polar surface area (TPSA) is 63.1 Å². The number of aryl methyl sites for hydroxylation is 1. The van der Waals surface area contributed by atoms with E-state index in [2.05, 4.69) is 32.4 Å². The molecule has 1 unspecified atom stereocenters. The molecule has 1 amide bonds. The number of nitrogens with one attached hydrogen (secondary N) is 1. The largest absolute Gasteiger partial charge is 0.354 e. The highest BCUT2D eigenvalue weighted by Crippen LogP contribution is 2.26. The predicted molar refractivity (Wildman–Crippen MR) is 97.7 cm³/mol. The Balaban J connectivity index is 1.52. The molecule has 128 valence electrons. The van der Waals surface area contributed by atoms with Crippen LogP contribution in [0.3, 0.4) is 0 Å². The molecule has 3 aromatic rings. The summed E-state index contributed by atoms with van der Waals surface area (Å²) in [5, 5.41) is 9.54. The molecule has 6 nitrogen and oxygen atoms in total. The monoisotopic (exact) mass is 335 g/mol. The summed E-state index contributed by atoms with van der Waals surface area (Å²) in [4.78, 5) is 19.3. The first-order valence-electron chi connectivity index (χ1n) is 8.59. The number of fused-ring (bicyclic) bond motifs is 1. The second-order valence-corrected chi connectivity index (χ2v) is 6.52. The van der Waals surface area contributed by atoms with E-state index in [9.17, 15) is 4.79 Å². The first-order valence-corrected chi connectivity index (χ1v) is 8.59. The van der Waals surface area contributed by atoms with Crippen molar-refractivity contribution in [1.82, 2.24) is 20.1 Å². The van der Waals surface area contributed by atoms with Crippen molar-refractivity contribution < 1.29 is 4.79 Å². The number of aromatic nitrogens is 3. The third-order valence-corrected chi connectivity index (χ3v) is 4.68. The molecule has 3 heterocycles. The molecule has 1 aliphatic rings. The number of anilines is 1. The number of hydrogen-bond acceptors (Lipinski definition) is 4. The van der Waals surface area contributed by atoms with Gasteiger partial charge in [0.2, 0.25) is 0 Å². The van der Waals surface area contributed by atoms with E-state index in [0.29, 0.717) is 5.56 Å². The van der Waals surface area contributed by atoms with Crippen LogP contribution in [0.25, 0.3) is 10.8 Å². The van der Waals surface area contributed by atoms with Gasteiger partial charge < -0.3 is 10.2 Å². The van der Waals surface area contributed by atoms with Gasteiger partial charge in [0.25, 0.3) is 5.91 Å². The van der Waals surface area contributed by atoms with E-state index in [1.54, 1.807) is 17.1 Å². The van der Waals surface area contributed by atoms with Crippen molar-refractivity contribution in [2.75, 3.05) is 18.0 Å². The molecule has 1 N–H and O–H groups in total. The zero-order chi connectivity index (χ0) is 17.2. The lowest BCUT2D eigenvalue weighted by molar-refractivity contribution is 0.0933. The molecule has 2 aromatic heterocycles. The smallest absolute Gasteiger partial charge is 0.254 e. The van der Waals surface area contributed by atoms with Crippen LogP contribution in [0.15, 0.2) is 48.9 Å². The van der Waals surface area contributed by atoms with Gasteiger partial charge in [0.15, 0.2) is 0 Å². The van der Waals surface area contributed by atoms with Crippen LogP contribution in [0, 0.1) is 0 Å². The Bertz CT molecular complexity index is 898. The van der Waals surface area contributed by atoms with Crippen LogP contribution < -0.4 is 10.2 Å². The van der Waals surface area contributed by atoms with Crippen LogP contribution in [0.2, 0.25) is 0 Å². The Hall–Kier alpha value is -2.89. The maximum absolute atomic E-state index is 12.4. The van der Waals surface area contributed by atoms with Crippen molar-refractivity contribution in [3.05, 3.63) is 54.5 Å². The highest BCUT2D eigenvalue weighted by molar-refractivity contribution is 5.94. The summed E-state index contributed by atoms with van der Waals surface area (Å²) < 4.78 is 1.64. The van der Waals surface area contributed by atoms with Gasteiger partial charge in [0.1, 0.15) is 5.82 Å². The number of amides is 1. The highest BCUT2D eigenvalue weighted by Gasteiger charge is 2.24. The maximum Gasteiger partial charge on any atom is 0.254 e. The van der Waals surface area contributed by atoms with Gasteiger partial charge in [0.05, 0.1) is 11.8 Å². The van der Waals surface area contributed by atoms with E-state index >= 15 is 0 Å². The molecule has 0 bridgehead atoms. The number of piperidine rings is 1. The summed E-state index contributed by atoms with van der Waals surface area (Å²) in [7, 11) is 1.81. The van der Waals surface area contributed by atoms with Crippen molar-refractivity contribution in [1.29, 1.82) is 0 Å². The minimum absolute atomic E-state index is 0.0640. The highest BCUT2D eigenvalue weighted by atomic mass is 16.1. The molecule has 0 spiro atoms. The van der Waals surface area contributed by atoms with Crippen LogP contribution >= 0.6 is 0 Å². The summed E-state index contributed by atoms with van der Waals surface area (Å²) in [5.41, 5.74) is 0.600. The van der Waals surface area contributed by atoms with Gasteiger partial charge in [-0.3, -0.25) is 9.48 Å². The SMILES string of the molecule is Cn1cc(C(=O)NC2CCCN(c3nccc4ccccc34)C2)cn1. The van der Waals surface area contributed by atoms with Gasteiger partial charge in [-0.25, -0.2) is 4.98 Å². The van der Waals surface area contributed by atoms with Gasteiger partial charge in [-0.15, -0.1) is 0 Å². The van der Waals surface area contributed by atoms with Crippen molar-refractivity contribution in [3.63, 3.8) is 0 Å². The predicted octanol–water partition coefficient (Wildman–Crippen LogP) is 2.37. The zero-order valence-corrected chi connectivity index (χ0v) is 14.2. The minimum atomic E-state index is -0.0640. The Labute approximate surface area is 146 Å². The molecule has 1 fully saturated rings. The molecule has 25 heavy (non-hydrogen) atoms. The normalized spacial score (nSPS) is 17.6. The van der Waals surface area contributed by atoms with E-state index in [0.717, 1.165) is 37.1 Å². The number of hydrogen-bond donors (Lipinski definition) is 1. The fourth-order valence-corrected chi connectivity index (χ4v) is 3.45. The van der Waals surface area contributed by atoms with E-state index in [1.165, 1.54) is 5.39 Å². The quantitative estimate of drug-likeness (QED) is 0.798. The second-order valence-electron chi connectivity index (χ2n) is 6.52. The lowest BCUT2D eigenvalue weighted by atomic mass is 10.0. The molecule has 1 saturated heterocycles. The number of benzene rings is 1. The molecule has 0 aliphatic carbocycles. The first-order chi connectivity index (χ1) is 12.2. The fraction of sp³-hybridized carbons (Fsp3) is 0.316. The molecular formula is C19H21N5O. The molecule has 6 heteroatoms. The molecular weight excluding hydrogens is 314 g/mol. The van der Waals surface area contributed by atoms with Crippen LogP contribution in [0.4, 0.5) is 5.82 Å². The molecule has 1 aromatic carbocycles. The second kappa shape index (κ2) is 6.55. The van der Waals surface area contributed by atoms with Crippen LogP contribution in [-0.2, 0) is 7.05 Å². The number of carbonyl (C=O) groups is 1. The Morgan fingerprint density at radius 1 is 1.28 bits per heavy atom. The standard InChI is InChI=1S/C19H21N5O/c1-23-12-15(11-21-23)19(25)22-16-6-4-10-24(13-16)18-17-7-3-2-5-14(17)8-9-20-18/h2-3,5,7-9,11-12,16H,4,6,10,13H2,1H3,(H,22,25). The maximum atomic E-state index is 12.4. The average Bonchev–Trinajstić information content (AvgIpc) is 3.08. The third kappa shape index (κ3) is 3.20. The lowest BCUT2D eigenvalue weighted by Crippen LogP contribution is -2.48. The van der Waals surface area contributed by atoms with E-state index < -0.39 is 0 Å². The van der Waals surface area contributed by atoms with Crippen molar-refractivity contribution in [2.24, 2.45) is 7.05 Å². The summed E-state index contributed by atoms with van der Waals surface area (Å²) in [6, 6.07) is 10.4. The third-order valence-electron chi connectivity index (χ3n) is 4.68.